The zero-order chi connectivity index (χ0) is 14.6. The maximum Gasteiger partial charge on any atom is 0.407 e. The lowest BCUT2D eigenvalue weighted by Crippen LogP contribution is -2.26. The van der Waals surface area contributed by atoms with E-state index in [0.717, 1.165) is 18.4 Å². The Balaban J connectivity index is 2.02. The predicted molar refractivity (Wildman–Crippen MR) is 73.6 cm³/mol. The van der Waals surface area contributed by atoms with E-state index >= 15 is 0 Å². The van der Waals surface area contributed by atoms with Gasteiger partial charge in [-0.2, -0.15) is 0 Å². The van der Waals surface area contributed by atoms with Gasteiger partial charge in [-0.05, 0) is 24.8 Å². The van der Waals surface area contributed by atoms with E-state index in [1.165, 1.54) is 0 Å². The lowest BCUT2D eigenvalue weighted by Gasteiger charge is -2.09. The van der Waals surface area contributed by atoms with Crippen LogP contribution >= 0.6 is 0 Å². The van der Waals surface area contributed by atoms with Crippen molar-refractivity contribution < 1.29 is 19.1 Å². The summed E-state index contributed by atoms with van der Waals surface area (Å²) >= 11 is 0. The van der Waals surface area contributed by atoms with Gasteiger partial charge in [0.15, 0.2) is 6.23 Å². The minimum atomic E-state index is -0.572. The molecule has 0 radical (unpaired) electrons. The highest BCUT2D eigenvalue weighted by molar-refractivity contribution is 5.67. The standard InChI is InChI=1S/C14H20N2O4/c15-13(20-11-17)8-4-5-9-16-14(18)19-10-12-6-2-1-3-7-12/h1-3,6-7,11,13H,4-5,8-10,15H2,(H,16,18). The summed E-state index contributed by atoms with van der Waals surface area (Å²) in [7, 11) is 0. The fourth-order valence-corrected chi connectivity index (χ4v) is 1.57. The van der Waals surface area contributed by atoms with E-state index in [1.54, 1.807) is 0 Å². The van der Waals surface area contributed by atoms with Crippen molar-refractivity contribution in [1.82, 2.24) is 5.32 Å². The summed E-state index contributed by atoms with van der Waals surface area (Å²) in [6.07, 6.45) is 1.06. The van der Waals surface area contributed by atoms with Gasteiger partial charge in [0.05, 0.1) is 0 Å². The SMILES string of the molecule is NC(CCCCNC(=O)OCc1ccccc1)OC=O. The molecule has 0 fully saturated rings. The Bertz CT molecular complexity index is 397. The number of rotatable bonds is 9. The van der Waals surface area contributed by atoms with E-state index in [0.29, 0.717) is 19.4 Å². The van der Waals surface area contributed by atoms with Crippen molar-refractivity contribution in [2.75, 3.05) is 6.54 Å². The lowest BCUT2D eigenvalue weighted by molar-refractivity contribution is -0.133. The molecule has 0 aromatic heterocycles. The van der Waals surface area contributed by atoms with Crippen LogP contribution in [0, 0.1) is 0 Å². The zero-order valence-corrected chi connectivity index (χ0v) is 11.3. The van der Waals surface area contributed by atoms with Crippen LogP contribution in [0.25, 0.3) is 0 Å². The summed E-state index contributed by atoms with van der Waals surface area (Å²) in [5.41, 5.74) is 6.42. The van der Waals surface area contributed by atoms with Gasteiger partial charge in [-0.3, -0.25) is 10.5 Å². The van der Waals surface area contributed by atoms with Gasteiger partial charge < -0.3 is 14.8 Å². The van der Waals surface area contributed by atoms with Gasteiger partial charge in [-0.15, -0.1) is 0 Å². The van der Waals surface area contributed by atoms with Gasteiger partial charge in [-0.25, -0.2) is 4.79 Å². The Morgan fingerprint density at radius 2 is 2.05 bits per heavy atom. The third-order valence-electron chi connectivity index (χ3n) is 2.63. The first-order chi connectivity index (χ1) is 9.72. The van der Waals surface area contributed by atoms with Crippen LogP contribution in [0.3, 0.4) is 0 Å². The number of carbonyl (C=O) groups excluding carboxylic acids is 2. The van der Waals surface area contributed by atoms with Gasteiger partial charge in [0.1, 0.15) is 6.61 Å². The summed E-state index contributed by atoms with van der Waals surface area (Å²) in [6, 6.07) is 9.47. The number of hydrogen-bond acceptors (Lipinski definition) is 5. The average molecular weight is 280 g/mol. The first-order valence-corrected chi connectivity index (χ1v) is 6.51. The highest BCUT2D eigenvalue weighted by Gasteiger charge is 2.03. The van der Waals surface area contributed by atoms with Crippen molar-refractivity contribution in [2.24, 2.45) is 5.73 Å². The molecule has 6 heteroatoms. The van der Waals surface area contributed by atoms with Crippen LogP contribution in [-0.4, -0.2) is 25.3 Å². The van der Waals surface area contributed by atoms with Crippen molar-refractivity contribution >= 4 is 12.6 Å². The van der Waals surface area contributed by atoms with E-state index in [-0.39, 0.29) is 6.61 Å². The third kappa shape index (κ3) is 7.38. The predicted octanol–water partition coefficient (Wildman–Crippen LogP) is 1.54. The number of carbonyl (C=O) groups is 2. The molecule has 1 unspecified atom stereocenters. The van der Waals surface area contributed by atoms with Gasteiger partial charge >= 0.3 is 6.09 Å². The molecule has 1 aromatic rings. The molecule has 1 rings (SSSR count). The molecule has 0 aliphatic carbocycles. The second-order valence-electron chi connectivity index (χ2n) is 4.26. The van der Waals surface area contributed by atoms with Crippen LogP contribution in [0.5, 0.6) is 0 Å². The van der Waals surface area contributed by atoms with Crippen LogP contribution in [0.1, 0.15) is 24.8 Å². The number of nitrogens with one attached hydrogen (secondary N) is 1. The molecule has 0 bridgehead atoms. The lowest BCUT2D eigenvalue weighted by atomic mass is 10.2. The molecule has 3 N–H and O–H groups in total. The zero-order valence-electron chi connectivity index (χ0n) is 11.3. The third-order valence-corrected chi connectivity index (χ3v) is 2.63. The second-order valence-corrected chi connectivity index (χ2v) is 4.26. The van der Waals surface area contributed by atoms with E-state index < -0.39 is 12.3 Å². The molecule has 1 amide bonds. The van der Waals surface area contributed by atoms with Crippen LogP contribution in [-0.2, 0) is 20.9 Å². The average Bonchev–Trinajstić information content (AvgIpc) is 2.46. The molecule has 0 spiro atoms. The maximum absolute atomic E-state index is 11.4. The topological polar surface area (TPSA) is 90.7 Å². The molecule has 0 aliphatic rings. The molecule has 0 aliphatic heterocycles. The van der Waals surface area contributed by atoms with Gasteiger partial charge in [-0.1, -0.05) is 30.3 Å². The van der Waals surface area contributed by atoms with Crippen LogP contribution < -0.4 is 11.1 Å². The molecule has 1 aromatic carbocycles. The summed E-state index contributed by atoms with van der Waals surface area (Å²) < 4.78 is 9.59. The number of nitrogens with two attached hydrogens (primary N) is 1. The van der Waals surface area contributed by atoms with Crippen LogP contribution in [0.15, 0.2) is 30.3 Å². The Morgan fingerprint density at radius 3 is 2.75 bits per heavy atom. The number of unbranched alkanes of at least 4 members (excludes halogenated alkanes) is 1. The number of amides is 1. The number of benzene rings is 1. The first kappa shape index (κ1) is 16.0. The Hall–Kier alpha value is -2.08. The molecule has 0 saturated heterocycles. The fraction of sp³-hybridized carbons (Fsp3) is 0.429. The molecule has 0 saturated carbocycles. The second kappa shape index (κ2) is 9.80. The molecule has 0 heterocycles. The largest absolute Gasteiger partial charge is 0.449 e. The Kier molecular flexibility index (Phi) is 7.83. The molecular weight excluding hydrogens is 260 g/mol. The molecular formula is C14H20N2O4. The summed E-state index contributed by atoms with van der Waals surface area (Å²) in [5, 5.41) is 2.65. The fourth-order valence-electron chi connectivity index (χ4n) is 1.57. The highest BCUT2D eigenvalue weighted by Crippen LogP contribution is 2.01. The minimum absolute atomic E-state index is 0.255. The number of alkyl carbamates (subject to hydrolysis) is 1. The first-order valence-electron chi connectivity index (χ1n) is 6.51. The van der Waals surface area contributed by atoms with E-state index in [9.17, 15) is 9.59 Å². The molecule has 20 heavy (non-hydrogen) atoms. The Morgan fingerprint density at radius 1 is 1.30 bits per heavy atom. The summed E-state index contributed by atoms with van der Waals surface area (Å²) in [5.74, 6) is 0. The van der Waals surface area contributed by atoms with Crippen molar-refractivity contribution in [3.05, 3.63) is 35.9 Å². The van der Waals surface area contributed by atoms with Gasteiger partial charge in [0.2, 0.25) is 0 Å². The van der Waals surface area contributed by atoms with Crippen molar-refractivity contribution in [2.45, 2.75) is 32.1 Å². The smallest absolute Gasteiger partial charge is 0.407 e. The van der Waals surface area contributed by atoms with Crippen molar-refractivity contribution in [3.8, 4) is 0 Å². The summed E-state index contributed by atoms with van der Waals surface area (Å²) in [4.78, 5) is 21.4. The number of hydrogen-bond donors (Lipinski definition) is 2. The van der Waals surface area contributed by atoms with Crippen molar-refractivity contribution in [1.29, 1.82) is 0 Å². The minimum Gasteiger partial charge on any atom is -0.449 e. The van der Waals surface area contributed by atoms with E-state index in [1.807, 2.05) is 30.3 Å². The van der Waals surface area contributed by atoms with Gasteiger partial charge in [0, 0.05) is 6.54 Å². The number of ether oxygens (including phenoxy) is 2. The van der Waals surface area contributed by atoms with Crippen molar-refractivity contribution in [3.63, 3.8) is 0 Å². The van der Waals surface area contributed by atoms with Gasteiger partial charge in [0.25, 0.3) is 6.47 Å². The Labute approximate surface area is 118 Å². The maximum atomic E-state index is 11.4. The quantitative estimate of drug-likeness (QED) is 0.407. The molecule has 1 atom stereocenters. The normalized spacial score (nSPS) is 11.4. The van der Waals surface area contributed by atoms with E-state index in [4.69, 9.17) is 10.5 Å². The molecule has 110 valence electrons. The monoisotopic (exact) mass is 280 g/mol. The van der Waals surface area contributed by atoms with Crippen LogP contribution in [0.4, 0.5) is 4.79 Å². The van der Waals surface area contributed by atoms with Crippen LogP contribution in [0.2, 0.25) is 0 Å². The summed E-state index contributed by atoms with van der Waals surface area (Å²) in [6.45, 7) is 1.09. The van der Waals surface area contributed by atoms with E-state index in [2.05, 4.69) is 10.1 Å². The highest BCUT2D eigenvalue weighted by atomic mass is 16.5. The molecule has 6 nitrogen and oxygen atoms in total.